The first-order valence-electron chi connectivity index (χ1n) is 9.48. The maximum absolute atomic E-state index is 14.4. The highest BCUT2D eigenvalue weighted by Gasteiger charge is 2.30. The molecule has 4 rings (SSSR count). The number of morpholine rings is 1. The van der Waals surface area contributed by atoms with E-state index in [0.717, 1.165) is 0 Å². The topological polar surface area (TPSA) is 47.4 Å². The van der Waals surface area contributed by atoms with Crippen molar-refractivity contribution < 1.29 is 13.9 Å². The van der Waals surface area contributed by atoms with Crippen LogP contribution in [0.25, 0.3) is 16.9 Å². The van der Waals surface area contributed by atoms with E-state index in [-0.39, 0.29) is 18.1 Å². The Labute approximate surface area is 173 Å². The molecule has 0 spiro atoms. The van der Waals surface area contributed by atoms with Gasteiger partial charge in [-0.2, -0.15) is 5.10 Å². The van der Waals surface area contributed by atoms with Crippen LogP contribution in [-0.2, 0) is 4.74 Å². The second-order valence-corrected chi connectivity index (χ2v) is 7.63. The Morgan fingerprint density at radius 1 is 1.10 bits per heavy atom. The Balaban J connectivity index is 1.82. The number of carbonyl (C=O) groups excluding carboxylic acids is 1. The van der Waals surface area contributed by atoms with E-state index in [2.05, 4.69) is 5.10 Å². The molecule has 150 valence electrons. The van der Waals surface area contributed by atoms with E-state index in [4.69, 9.17) is 16.3 Å². The molecule has 2 heterocycles. The molecule has 2 aromatic carbocycles. The lowest BCUT2D eigenvalue weighted by Gasteiger charge is -2.35. The summed E-state index contributed by atoms with van der Waals surface area (Å²) < 4.78 is 21.6. The molecule has 1 saturated heterocycles. The fourth-order valence-electron chi connectivity index (χ4n) is 3.65. The van der Waals surface area contributed by atoms with Crippen LogP contribution in [0.5, 0.6) is 0 Å². The number of hydrogen-bond donors (Lipinski definition) is 0. The van der Waals surface area contributed by atoms with Crippen LogP contribution in [0.3, 0.4) is 0 Å². The normalized spacial score (nSPS) is 19.4. The summed E-state index contributed by atoms with van der Waals surface area (Å²) >= 11 is 6.37. The van der Waals surface area contributed by atoms with Crippen LogP contribution in [-0.4, -0.2) is 45.9 Å². The first kappa shape index (κ1) is 19.6. The minimum Gasteiger partial charge on any atom is -0.372 e. The number of halogens is 2. The van der Waals surface area contributed by atoms with Gasteiger partial charge in [0, 0.05) is 18.7 Å². The molecule has 1 aliphatic heterocycles. The summed E-state index contributed by atoms with van der Waals surface area (Å²) in [5.74, 6) is -0.592. The van der Waals surface area contributed by atoms with E-state index in [9.17, 15) is 9.18 Å². The molecular weight excluding hydrogens is 393 g/mol. The molecule has 29 heavy (non-hydrogen) atoms. The number of nitrogens with zero attached hydrogens (tertiary/aromatic N) is 3. The predicted octanol–water partition coefficient (Wildman–Crippen LogP) is 4.58. The van der Waals surface area contributed by atoms with Crippen molar-refractivity contribution in [3.63, 3.8) is 0 Å². The van der Waals surface area contributed by atoms with Gasteiger partial charge in [-0.1, -0.05) is 35.9 Å². The number of rotatable bonds is 3. The molecule has 1 amide bonds. The largest absolute Gasteiger partial charge is 0.372 e. The van der Waals surface area contributed by atoms with E-state index in [1.165, 1.54) is 10.7 Å². The molecule has 7 heteroatoms. The number of aromatic nitrogens is 2. The lowest BCUT2D eigenvalue weighted by atomic mass is 10.1. The zero-order valence-corrected chi connectivity index (χ0v) is 16.9. The molecule has 1 aromatic heterocycles. The highest BCUT2D eigenvalue weighted by Crippen LogP contribution is 2.28. The first-order chi connectivity index (χ1) is 13.9. The van der Waals surface area contributed by atoms with Crippen molar-refractivity contribution in [3.05, 3.63) is 71.1 Å². The second kappa shape index (κ2) is 7.97. The average Bonchev–Trinajstić information content (AvgIpc) is 3.12. The molecule has 2 unspecified atom stereocenters. The summed E-state index contributed by atoms with van der Waals surface area (Å²) in [6, 6.07) is 15.1. The number of carbonyl (C=O) groups is 1. The fourth-order valence-corrected chi connectivity index (χ4v) is 3.86. The van der Waals surface area contributed by atoms with Crippen molar-refractivity contribution in [2.45, 2.75) is 26.1 Å². The monoisotopic (exact) mass is 413 g/mol. The number of amides is 1. The van der Waals surface area contributed by atoms with Gasteiger partial charge in [-0.15, -0.1) is 0 Å². The van der Waals surface area contributed by atoms with Gasteiger partial charge in [0.1, 0.15) is 11.5 Å². The molecule has 0 bridgehead atoms. The maximum atomic E-state index is 14.4. The van der Waals surface area contributed by atoms with Crippen molar-refractivity contribution in [1.29, 1.82) is 0 Å². The van der Waals surface area contributed by atoms with Crippen molar-refractivity contribution in [3.8, 4) is 16.9 Å². The number of ether oxygens (including phenoxy) is 1. The third-order valence-electron chi connectivity index (χ3n) is 4.87. The third-order valence-corrected chi connectivity index (χ3v) is 5.19. The van der Waals surface area contributed by atoms with Gasteiger partial charge < -0.3 is 9.64 Å². The van der Waals surface area contributed by atoms with Gasteiger partial charge in [-0.05, 0) is 44.2 Å². The Bertz CT molecular complexity index is 1040. The molecule has 0 radical (unpaired) electrons. The van der Waals surface area contributed by atoms with Gasteiger partial charge in [0.15, 0.2) is 0 Å². The molecule has 1 fully saturated rings. The Kier molecular flexibility index (Phi) is 5.39. The van der Waals surface area contributed by atoms with Gasteiger partial charge in [0.05, 0.1) is 28.6 Å². The van der Waals surface area contributed by atoms with Crippen LogP contribution < -0.4 is 0 Å². The molecule has 0 saturated carbocycles. The Morgan fingerprint density at radius 3 is 2.45 bits per heavy atom. The van der Waals surface area contributed by atoms with Crippen molar-refractivity contribution in [1.82, 2.24) is 14.7 Å². The molecule has 5 nitrogen and oxygen atoms in total. The minimum atomic E-state index is -0.399. The third kappa shape index (κ3) is 3.91. The maximum Gasteiger partial charge on any atom is 0.272 e. The lowest BCUT2D eigenvalue weighted by molar-refractivity contribution is -0.0588. The van der Waals surface area contributed by atoms with Gasteiger partial charge in [-0.25, -0.2) is 9.07 Å². The Morgan fingerprint density at radius 2 is 1.76 bits per heavy atom. The standard InChI is InChI=1S/C22H21ClFN3O2/c1-14-12-26(13-15(2)29-14)22(28)21-11-19(16-7-3-5-9-18(16)24)25-27(21)20-10-6-4-8-17(20)23/h3-11,14-15H,12-13H2,1-2H3. The molecule has 0 aliphatic carbocycles. The smallest absolute Gasteiger partial charge is 0.272 e. The minimum absolute atomic E-state index is 0.0644. The molecule has 2 atom stereocenters. The Hall–Kier alpha value is -2.70. The summed E-state index contributed by atoms with van der Waals surface area (Å²) in [6.45, 7) is 4.83. The van der Waals surface area contributed by atoms with Crippen LogP contribution in [0.2, 0.25) is 5.02 Å². The van der Waals surface area contributed by atoms with E-state index in [1.54, 1.807) is 47.4 Å². The fraction of sp³-hybridized carbons (Fsp3) is 0.273. The van der Waals surface area contributed by atoms with Gasteiger partial charge in [0.25, 0.3) is 5.91 Å². The van der Waals surface area contributed by atoms with E-state index >= 15 is 0 Å². The number of benzene rings is 2. The van der Waals surface area contributed by atoms with Gasteiger partial charge in [-0.3, -0.25) is 4.79 Å². The van der Waals surface area contributed by atoms with Crippen LogP contribution >= 0.6 is 11.6 Å². The van der Waals surface area contributed by atoms with E-state index < -0.39 is 5.82 Å². The summed E-state index contributed by atoms with van der Waals surface area (Å²) in [7, 11) is 0. The predicted molar refractivity (Wildman–Crippen MR) is 110 cm³/mol. The highest BCUT2D eigenvalue weighted by molar-refractivity contribution is 6.32. The summed E-state index contributed by atoms with van der Waals surface area (Å²) in [6.07, 6.45) is -0.129. The van der Waals surface area contributed by atoms with Crippen LogP contribution in [0.15, 0.2) is 54.6 Å². The van der Waals surface area contributed by atoms with E-state index in [1.807, 2.05) is 19.9 Å². The van der Waals surface area contributed by atoms with Crippen LogP contribution in [0.4, 0.5) is 4.39 Å². The molecule has 0 N–H and O–H groups in total. The highest BCUT2D eigenvalue weighted by atomic mass is 35.5. The molecule has 3 aromatic rings. The quantitative estimate of drug-likeness (QED) is 0.631. The number of para-hydroxylation sites is 1. The summed E-state index contributed by atoms with van der Waals surface area (Å²) in [5.41, 5.74) is 1.60. The zero-order valence-electron chi connectivity index (χ0n) is 16.2. The second-order valence-electron chi connectivity index (χ2n) is 7.23. The van der Waals surface area contributed by atoms with Crippen molar-refractivity contribution in [2.24, 2.45) is 0 Å². The summed E-state index contributed by atoms with van der Waals surface area (Å²) in [5, 5.41) is 4.99. The van der Waals surface area contributed by atoms with Crippen molar-refractivity contribution in [2.75, 3.05) is 13.1 Å². The SMILES string of the molecule is CC1CN(C(=O)c2cc(-c3ccccc3F)nn2-c2ccccc2Cl)CC(C)O1. The van der Waals surface area contributed by atoms with Gasteiger partial charge in [0.2, 0.25) is 0 Å². The number of hydrogen-bond acceptors (Lipinski definition) is 3. The van der Waals surface area contributed by atoms with E-state index in [0.29, 0.717) is 40.8 Å². The zero-order chi connectivity index (χ0) is 20.5. The first-order valence-corrected chi connectivity index (χ1v) is 9.86. The summed E-state index contributed by atoms with van der Waals surface area (Å²) in [4.78, 5) is 15.1. The van der Waals surface area contributed by atoms with Crippen LogP contribution in [0, 0.1) is 5.82 Å². The molecular formula is C22H21ClFN3O2. The van der Waals surface area contributed by atoms with Crippen LogP contribution in [0.1, 0.15) is 24.3 Å². The van der Waals surface area contributed by atoms with Gasteiger partial charge >= 0.3 is 0 Å². The lowest BCUT2D eigenvalue weighted by Crippen LogP contribution is -2.48. The van der Waals surface area contributed by atoms with Crippen molar-refractivity contribution >= 4 is 17.5 Å². The molecule has 1 aliphatic rings. The average molecular weight is 414 g/mol.